The van der Waals surface area contributed by atoms with Gasteiger partial charge in [0.25, 0.3) is 0 Å². The average molecular weight is 238 g/mol. The molecule has 0 fully saturated rings. The molecule has 1 rings (SSSR count). The molecular weight excluding hydrogens is 220 g/mol. The van der Waals surface area contributed by atoms with Gasteiger partial charge in [-0.15, -0.1) is 11.8 Å². The maximum absolute atomic E-state index is 10.9. The molecule has 0 aliphatic heterocycles. The topological polar surface area (TPSA) is 55.1 Å². The Labute approximate surface area is 101 Å². The number of carbonyl (C=O) groups is 1. The maximum Gasteiger partial charge on any atom is 0.248 e. The Balaban J connectivity index is 2.47. The van der Waals surface area contributed by atoms with Gasteiger partial charge in [0.05, 0.1) is 5.88 Å². The highest BCUT2D eigenvalue weighted by atomic mass is 32.2. The van der Waals surface area contributed by atoms with Crippen LogP contribution in [0.1, 0.15) is 31.1 Å². The van der Waals surface area contributed by atoms with Crippen LogP contribution < -0.4 is 11.1 Å². The third kappa shape index (κ3) is 4.57. The van der Waals surface area contributed by atoms with Crippen molar-refractivity contribution in [3.8, 4) is 0 Å². The Hall–Kier alpha value is -1.16. The third-order valence-corrected chi connectivity index (χ3v) is 3.11. The van der Waals surface area contributed by atoms with E-state index in [0.29, 0.717) is 5.56 Å². The zero-order chi connectivity index (χ0) is 12.2. The van der Waals surface area contributed by atoms with Gasteiger partial charge in [-0.2, -0.15) is 0 Å². The lowest BCUT2D eigenvalue weighted by Gasteiger charge is -2.18. The van der Waals surface area contributed by atoms with Gasteiger partial charge in [0.1, 0.15) is 0 Å². The smallest absolute Gasteiger partial charge is 0.248 e. The van der Waals surface area contributed by atoms with Gasteiger partial charge >= 0.3 is 0 Å². The maximum atomic E-state index is 10.9. The summed E-state index contributed by atoms with van der Waals surface area (Å²) in [6, 6.07) is 7.19. The third-order valence-electron chi connectivity index (χ3n) is 1.95. The minimum Gasteiger partial charge on any atom is -0.376 e. The molecule has 88 valence electrons. The molecule has 16 heavy (non-hydrogen) atoms. The molecule has 0 saturated heterocycles. The summed E-state index contributed by atoms with van der Waals surface area (Å²) < 4.78 is 0.250. The van der Waals surface area contributed by atoms with Crippen molar-refractivity contribution in [2.45, 2.75) is 25.5 Å². The number of hydrogen-bond donors (Lipinski definition) is 2. The highest BCUT2D eigenvalue weighted by molar-refractivity contribution is 8.00. The highest BCUT2D eigenvalue weighted by Gasteiger charge is 2.09. The van der Waals surface area contributed by atoms with Gasteiger partial charge in [-0.25, -0.2) is 0 Å². The molecular formula is C12H18N2OS. The Morgan fingerprint density at radius 2 is 1.88 bits per heavy atom. The first-order valence-electron chi connectivity index (χ1n) is 5.16. The second-order valence-corrected chi connectivity index (χ2v) is 6.32. The van der Waals surface area contributed by atoms with E-state index in [9.17, 15) is 4.79 Å². The van der Waals surface area contributed by atoms with Gasteiger partial charge in [-0.3, -0.25) is 4.79 Å². The molecule has 1 aromatic carbocycles. The second-order valence-electron chi connectivity index (χ2n) is 4.52. The van der Waals surface area contributed by atoms with E-state index >= 15 is 0 Å². The van der Waals surface area contributed by atoms with Gasteiger partial charge in [-0.05, 0) is 24.3 Å². The summed E-state index contributed by atoms with van der Waals surface area (Å²) in [5.74, 6) is 0.454. The molecule has 0 saturated carbocycles. The van der Waals surface area contributed by atoms with Gasteiger partial charge in [0.2, 0.25) is 5.91 Å². The normalized spacial score (nSPS) is 11.2. The molecule has 1 aromatic rings. The highest BCUT2D eigenvalue weighted by Crippen LogP contribution is 2.23. The number of nitrogens with one attached hydrogen (secondary N) is 1. The number of thioether (sulfide) groups is 1. The largest absolute Gasteiger partial charge is 0.376 e. The van der Waals surface area contributed by atoms with Gasteiger partial charge < -0.3 is 11.1 Å². The Morgan fingerprint density at radius 3 is 2.31 bits per heavy atom. The molecule has 0 unspecified atom stereocenters. The Bertz CT molecular complexity index is 354. The van der Waals surface area contributed by atoms with E-state index in [1.54, 1.807) is 12.1 Å². The summed E-state index contributed by atoms with van der Waals surface area (Å²) in [5, 5.41) is 3.28. The molecule has 0 heterocycles. The SMILES string of the molecule is CC(C)(C)SCNc1ccc(C(N)=O)cc1. The Morgan fingerprint density at radius 1 is 1.31 bits per heavy atom. The first-order chi connectivity index (χ1) is 7.38. The molecule has 0 aliphatic carbocycles. The molecule has 0 aromatic heterocycles. The van der Waals surface area contributed by atoms with Crippen molar-refractivity contribution in [3.63, 3.8) is 0 Å². The molecule has 1 amide bonds. The van der Waals surface area contributed by atoms with Crippen LogP contribution >= 0.6 is 11.8 Å². The number of benzene rings is 1. The molecule has 0 atom stereocenters. The summed E-state index contributed by atoms with van der Waals surface area (Å²) in [6.07, 6.45) is 0. The van der Waals surface area contributed by atoms with Crippen LogP contribution in [0.4, 0.5) is 5.69 Å². The zero-order valence-electron chi connectivity index (χ0n) is 9.91. The van der Waals surface area contributed by atoms with Gasteiger partial charge in [0.15, 0.2) is 0 Å². The average Bonchev–Trinajstić information content (AvgIpc) is 2.16. The van der Waals surface area contributed by atoms with E-state index < -0.39 is 5.91 Å². The van der Waals surface area contributed by atoms with Gasteiger partial charge in [0, 0.05) is 16.0 Å². The van der Waals surface area contributed by atoms with Crippen LogP contribution in [0.15, 0.2) is 24.3 Å². The summed E-state index contributed by atoms with van der Waals surface area (Å²) in [5.41, 5.74) is 6.70. The fraction of sp³-hybridized carbons (Fsp3) is 0.417. The predicted molar refractivity (Wildman–Crippen MR) is 70.8 cm³/mol. The van der Waals surface area contributed by atoms with E-state index in [2.05, 4.69) is 26.1 Å². The van der Waals surface area contributed by atoms with Crippen molar-refractivity contribution in [3.05, 3.63) is 29.8 Å². The summed E-state index contributed by atoms with van der Waals surface area (Å²) >= 11 is 1.84. The Kier molecular flexibility index (Phi) is 4.24. The van der Waals surface area contributed by atoms with E-state index in [1.165, 1.54) is 0 Å². The fourth-order valence-electron chi connectivity index (χ4n) is 1.09. The number of rotatable bonds is 4. The quantitative estimate of drug-likeness (QED) is 0.793. The number of carbonyl (C=O) groups excluding carboxylic acids is 1. The predicted octanol–water partition coefficient (Wildman–Crippen LogP) is 2.69. The first-order valence-corrected chi connectivity index (χ1v) is 6.15. The molecule has 0 spiro atoms. The molecule has 0 bridgehead atoms. The van der Waals surface area contributed by atoms with Crippen molar-refractivity contribution in [1.82, 2.24) is 0 Å². The van der Waals surface area contributed by atoms with Crippen LogP contribution in [0, 0.1) is 0 Å². The van der Waals surface area contributed by atoms with E-state index in [4.69, 9.17) is 5.73 Å². The number of anilines is 1. The van der Waals surface area contributed by atoms with Crippen LogP contribution in [0.2, 0.25) is 0 Å². The number of hydrogen-bond acceptors (Lipinski definition) is 3. The summed E-state index contributed by atoms with van der Waals surface area (Å²) in [6.45, 7) is 6.53. The fourth-order valence-corrected chi connectivity index (χ4v) is 1.76. The standard InChI is InChI=1S/C12H18N2OS/c1-12(2,3)16-8-14-10-6-4-9(5-7-10)11(13)15/h4-7,14H,8H2,1-3H3,(H2,13,15). The lowest BCUT2D eigenvalue weighted by atomic mass is 10.2. The van der Waals surface area contributed by atoms with E-state index in [1.807, 2.05) is 23.9 Å². The van der Waals surface area contributed by atoms with E-state index in [0.717, 1.165) is 11.6 Å². The lowest BCUT2D eigenvalue weighted by molar-refractivity contribution is 0.100. The number of nitrogens with two attached hydrogens (primary N) is 1. The number of primary amides is 1. The van der Waals surface area contributed by atoms with Crippen molar-refractivity contribution in [2.24, 2.45) is 5.73 Å². The van der Waals surface area contributed by atoms with Crippen LogP contribution in [-0.2, 0) is 0 Å². The monoisotopic (exact) mass is 238 g/mol. The first kappa shape index (κ1) is 12.9. The minimum atomic E-state index is -0.393. The van der Waals surface area contributed by atoms with E-state index in [-0.39, 0.29) is 4.75 Å². The lowest BCUT2D eigenvalue weighted by Crippen LogP contribution is -2.12. The van der Waals surface area contributed by atoms with Crippen molar-refractivity contribution < 1.29 is 4.79 Å². The molecule has 0 aliphatic rings. The van der Waals surface area contributed by atoms with Crippen LogP contribution in [-0.4, -0.2) is 16.5 Å². The van der Waals surface area contributed by atoms with Crippen molar-refractivity contribution >= 4 is 23.4 Å². The van der Waals surface area contributed by atoms with Crippen molar-refractivity contribution in [2.75, 3.05) is 11.2 Å². The summed E-state index contributed by atoms with van der Waals surface area (Å²) in [4.78, 5) is 10.9. The van der Waals surface area contributed by atoms with Crippen LogP contribution in [0.3, 0.4) is 0 Å². The zero-order valence-corrected chi connectivity index (χ0v) is 10.7. The molecule has 3 nitrogen and oxygen atoms in total. The molecule has 0 radical (unpaired) electrons. The van der Waals surface area contributed by atoms with Crippen LogP contribution in [0.5, 0.6) is 0 Å². The van der Waals surface area contributed by atoms with Gasteiger partial charge in [-0.1, -0.05) is 20.8 Å². The number of amides is 1. The molecule has 3 N–H and O–H groups in total. The minimum absolute atomic E-state index is 0.250. The van der Waals surface area contributed by atoms with Crippen molar-refractivity contribution in [1.29, 1.82) is 0 Å². The second kappa shape index (κ2) is 5.25. The summed E-state index contributed by atoms with van der Waals surface area (Å²) in [7, 11) is 0. The van der Waals surface area contributed by atoms with Crippen LogP contribution in [0.25, 0.3) is 0 Å². The molecule has 4 heteroatoms.